The zero-order valence-electron chi connectivity index (χ0n) is 20.0. The molecule has 1 aliphatic rings. The highest BCUT2D eigenvalue weighted by Crippen LogP contribution is 2.45. The van der Waals surface area contributed by atoms with E-state index in [9.17, 15) is 14.3 Å². The molecule has 186 valence electrons. The molecule has 6 nitrogen and oxygen atoms in total. The summed E-state index contributed by atoms with van der Waals surface area (Å²) < 4.78 is 31.9. The van der Waals surface area contributed by atoms with Crippen molar-refractivity contribution in [2.24, 2.45) is 5.92 Å². The predicted octanol–water partition coefficient (Wildman–Crippen LogP) is 7.07. The molecule has 0 spiro atoms. The van der Waals surface area contributed by atoms with Gasteiger partial charge in [-0.1, -0.05) is 17.3 Å². The van der Waals surface area contributed by atoms with Crippen LogP contribution in [0.1, 0.15) is 41.3 Å². The van der Waals surface area contributed by atoms with Gasteiger partial charge >= 0.3 is 5.97 Å². The number of ether oxygens (including phenoxy) is 2. The highest BCUT2D eigenvalue weighted by Gasteiger charge is 2.34. The summed E-state index contributed by atoms with van der Waals surface area (Å²) in [6, 6.07) is 16.0. The van der Waals surface area contributed by atoms with Crippen LogP contribution in [0.25, 0.3) is 21.8 Å². The van der Waals surface area contributed by atoms with Gasteiger partial charge in [0, 0.05) is 9.75 Å². The Bertz CT molecular complexity index is 1390. The second kappa shape index (κ2) is 10.1. The van der Waals surface area contributed by atoms with Crippen LogP contribution in [-0.2, 0) is 11.4 Å². The van der Waals surface area contributed by atoms with Gasteiger partial charge in [-0.15, -0.1) is 11.3 Å². The first-order chi connectivity index (χ1) is 17.4. The van der Waals surface area contributed by atoms with Crippen LogP contribution in [0.15, 0.2) is 59.1 Å². The molecule has 2 aromatic heterocycles. The van der Waals surface area contributed by atoms with Crippen molar-refractivity contribution in [3.05, 3.63) is 76.5 Å². The van der Waals surface area contributed by atoms with Gasteiger partial charge in [0.15, 0.2) is 5.76 Å². The molecule has 1 saturated carbocycles. The molecular formula is C28H26FNO5S. The van der Waals surface area contributed by atoms with Crippen LogP contribution in [0.2, 0.25) is 0 Å². The first-order valence-electron chi connectivity index (χ1n) is 11.8. The van der Waals surface area contributed by atoms with E-state index in [4.69, 9.17) is 14.0 Å². The predicted molar refractivity (Wildman–Crippen MR) is 135 cm³/mol. The van der Waals surface area contributed by atoms with Crippen molar-refractivity contribution in [3.8, 4) is 33.3 Å². The van der Waals surface area contributed by atoms with E-state index < -0.39 is 11.8 Å². The third kappa shape index (κ3) is 5.14. The number of aromatic nitrogens is 1. The van der Waals surface area contributed by atoms with Crippen molar-refractivity contribution in [3.63, 3.8) is 0 Å². The van der Waals surface area contributed by atoms with E-state index >= 15 is 0 Å². The molecule has 1 N–H and O–H groups in total. The molecule has 1 fully saturated rings. The molecule has 5 rings (SSSR count). The molecule has 0 bridgehead atoms. The number of hydrogen-bond acceptors (Lipinski definition) is 6. The number of aryl methyl sites for hydroxylation is 1. The lowest BCUT2D eigenvalue weighted by Gasteiger charge is -2.15. The molecule has 0 radical (unpaired) electrons. The Morgan fingerprint density at radius 2 is 2.03 bits per heavy atom. The van der Waals surface area contributed by atoms with E-state index in [1.54, 1.807) is 23.5 Å². The molecule has 8 heteroatoms. The van der Waals surface area contributed by atoms with Crippen LogP contribution in [0.5, 0.6) is 11.5 Å². The van der Waals surface area contributed by atoms with Crippen molar-refractivity contribution < 1.29 is 28.3 Å². The van der Waals surface area contributed by atoms with Crippen molar-refractivity contribution in [1.82, 2.24) is 5.16 Å². The number of rotatable bonds is 10. The van der Waals surface area contributed by atoms with Crippen LogP contribution < -0.4 is 9.47 Å². The summed E-state index contributed by atoms with van der Waals surface area (Å²) in [6.07, 6.45) is 2.21. The molecule has 0 amide bonds. The Labute approximate surface area is 212 Å². The number of methoxy groups -OCH3 is 1. The van der Waals surface area contributed by atoms with Crippen LogP contribution in [-0.4, -0.2) is 23.3 Å². The molecule has 0 saturated heterocycles. The van der Waals surface area contributed by atoms with Crippen molar-refractivity contribution >= 4 is 17.3 Å². The Morgan fingerprint density at radius 3 is 2.72 bits per heavy atom. The van der Waals surface area contributed by atoms with Crippen molar-refractivity contribution in [2.45, 2.75) is 38.7 Å². The molecule has 0 unspecified atom stereocenters. The summed E-state index contributed by atoms with van der Waals surface area (Å²) in [5.74, 6) is 0.591. The number of carboxylic acids is 1. The van der Waals surface area contributed by atoms with Crippen LogP contribution in [0.4, 0.5) is 4.39 Å². The van der Waals surface area contributed by atoms with Crippen molar-refractivity contribution in [1.29, 1.82) is 0 Å². The van der Waals surface area contributed by atoms with Crippen LogP contribution in [0, 0.1) is 18.7 Å². The molecule has 0 aliphatic heterocycles. The number of carboxylic acid groups (broad SMARTS) is 1. The second-order valence-corrected chi connectivity index (χ2v) is 10.3. The first kappa shape index (κ1) is 24.1. The number of benzene rings is 2. The van der Waals surface area contributed by atoms with E-state index in [-0.39, 0.29) is 24.5 Å². The fourth-order valence-corrected chi connectivity index (χ4v) is 5.40. The van der Waals surface area contributed by atoms with Gasteiger partial charge < -0.3 is 19.1 Å². The molecule has 36 heavy (non-hydrogen) atoms. The Morgan fingerprint density at radius 1 is 1.19 bits per heavy atom. The van der Waals surface area contributed by atoms with Gasteiger partial charge in [0.1, 0.15) is 29.6 Å². The third-order valence-electron chi connectivity index (χ3n) is 6.42. The molecule has 1 aliphatic carbocycles. The number of thiophene rings is 1. The van der Waals surface area contributed by atoms with E-state index in [0.717, 1.165) is 28.2 Å². The minimum absolute atomic E-state index is 0.0228. The molecule has 2 aromatic carbocycles. The average Bonchev–Trinajstić information content (AvgIpc) is 3.49. The zero-order valence-corrected chi connectivity index (χ0v) is 20.8. The van der Waals surface area contributed by atoms with Crippen LogP contribution in [0.3, 0.4) is 0 Å². The molecular weight excluding hydrogens is 481 g/mol. The largest absolute Gasteiger partial charge is 0.497 e. The number of carbonyl (C=O) groups is 1. The normalized spacial score (nSPS) is 14.0. The standard InChI is InChI=1S/C28H26FNO5S/c1-16-6-11-25(36-16)27-24(30-35-28(27)22-13-19(33-2)9-10-23(22)29)15-34-20-5-3-4-18(12-20)21(14-26(31)32)17-7-8-17/h3-6,9-13,17,21H,7-8,14-15H2,1-2H3,(H,31,32)/t21-/m0/s1. The Kier molecular flexibility index (Phi) is 6.78. The maximum Gasteiger partial charge on any atom is 0.303 e. The monoisotopic (exact) mass is 507 g/mol. The molecule has 2 heterocycles. The summed E-state index contributed by atoms with van der Waals surface area (Å²) in [5, 5.41) is 13.6. The number of hydrogen-bond donors (Lipinski definition) is 1. The SMILES string of the molecule is COc1ccc(F)c(-c2onc(COc3cccc([C@@H](CC(=O)O)C4CC4)c3)c2-c2ccc(C)s2)c1. The quantitative estimate of drug-likeness (QED) is 0.247. The van der Waals surface area contributed by atoms with Gasteiger partial charge in [0.25, 0.3) is 0 Å². The van der Waals surface area contributed by atoms with Gasteiger partial charge in [-0.2, -0.15) is 0 Å². The minimum atomic E-state index is -0.797. The maximum atomic E-state index is 14.8. The third-order valence-corrected chi connectivity index (χ3v) is 7.43. The lowest BCUT2D eigenvalue weighted by atomic mass is 9.91. The highest BCUT2D eigenvalue weighted by atomic mass is 32.1. The van der Waals surface area contributed by atoms with Gasteiger partial charge in [-0.25, -0.2) is 4.39 Å². The summed E-state index contributed by atoms with van der Waals surface area (Å²) in [7, 11) is 1.53. The highest BCUT2D eigenvalue weighted by molar-refractivity contribution is 7.15. The summed E-state index contributed by atoms with van der Waals surface area (Å²) in [5.41, 5.74) is 2.45. The second-order valence-electron chi connectivity index (χ2n) is 8.99. The summed E-state index contributed by atoms with van der Waals surface area (Å²) in [6.45, 7) is 2.11. The molecule has 1 atom stereocenters. The summed E-state index contributed by atoms with van der Waals surface area (Å²) in [4.78, 5) is 13.4. The van der Waals surface area contributed by atoms with Gasteiger partial charge in [0.05, 0.1) is 24.7 Å². The average molecular weight is 508 g/mol. The fraction of sp³-hybridized carbons (Fsp3) is 0.286. The first-order valence-corrected chi connectivity index (χ1v) is 12.6. The van der Waals surface area contributed by atoms with Gasteiger partial charge in [0.2, 0.25) is 0 Å². The van der Waals surface area contributed by atoms with E-state index in [2.05, 4.69) is 5.16 Å². The lowest BCUT2D eigenvalue weighted by molar-refractivity contribution is -0.137. The van der Waals surface area contributed by atoms with Crippen LogP contribution >= 0.6 is 11.3 Å². The smallest absolute Gasteiger partial charge is 0.303 e. The Balaban J connectivity index is 1.45. The fourth-order valence-electron chi connectivity index (χ4n) is 4.46. The van der Waals surface area contributed by atoms with E-state index in [1.807, 2.05) is 43.3 Å². The summed E-state index contributed by atoms with van der Waals surface area (Å²) >= 11 is 1.56. The minimum Gasteiger partial charge on any atom is -0.497 e. The van der Waals surface area contributed by atoms with Gasteiger partial charge in [-0.3, -0.25) is 4.79 Å². The number of halogens is 1. The van der Waals surface area contributed by atoms with Gasteiger partial charge in [-0.05, 0) is 79.6 Å². The molecule has 4 aromatic rings. The van der Waals surface area contributed by atoms with E-state index in [1.165, 1.54) is 13.2 Å². The zero-order chi connectivity index (χ0) is 25.2. The number of aliphatic carboxylic acids is 1. The topological polar surface area (TPSA) is 81.8 Å². The van der Waals surface area contributed by atoms with Crippen molar-refractivity contribution in [2.75, 3.05) is 7.11 Å². The van der Waals surface area contributed by atoms with E-state index in [0.29, 0.717) is 34.4 Å². The number of nitrogens with zero attached hydrogens (tertiary/aromatic N) is 1. The lowest BCUT2D eigenvalue weighted by Crippen LogP contribution is -2.08. The maximum absolute atomic E-state index is 14.8. The Hall–Kier alpha value is -3.65.